The van der Waals surface area contributed by atoms with E-state index in [-0.39, 0.29) is 17.9 Å². The van der Waals surface area contributed by atoms with Crippen LogP contribution in [0.1, 0.15) is 25.7 Å². The molecule has 1 heterocycles. The minimum atomic E-state index is -0.521. The second-order valence-corrected chi connectivity index (χ2v) is 6.25. The quantitative estimate of drug-likeness (QED) is 0.879. The highest BCUT2D eigenvalue weighted by atomic mass is 19.1. The van der Waals surface area contributed by atoms with Gasteiger partial charge >= 0.3 is 0 Å². The van der Waals surface area contributed by atoms with Crippen molar-refractivity contribution in [3.8, 4) is 5.75 Å². The van der Waals surface area contributed by atoms with E-state index in [4.69, 9.17) is 4.74 Å². The van der Waals surface area contributed by atoms with Gasteiger partial charge in [-0.15, -0.1) is 0 Å². The Bertz CT molecular complexity index is 537. The van der Waals surface area contributed by atoms with E-state index in [1.807, 2.05) is 12.1 Å². The predicted molar refractivity (Wildman–Crippen MR) is 83.8 cm³/mol. The Morgan fingerprint density at radius 1 is 1.45 bits per heavy atom. The lowest BCUT2D eigenvalue weighted by Gasteiger charge is -2.37. The minimum Gasteiger partial charge on any atom is -0.491 e. The number of halogens is 1. The van der Waals surface area contributed by atoms with Crippen LogP contribution in [0, 0.1) is 11.3 Å². The molecule has 1 saturated carbocycles. The molecule has 1 aromatic carbocycles. The summed E-state index contributed by atoms with van der Waals surface area (Å²) in [6.45, 7) is 1.22. The molecular weight excluding hydrogens is 283 g/mol. The maximum atomic E-state index is 12.8. The van der Waals surface area contributed by atoms with Crippen molar-refractivity contribution in [1.82, 2.24) is 5.32 Å². The molecule has 0 bridgehead atoms. The van der Waals surface area contributed by atoms with E-state index in [9.17, 15) is 9.18 Å². The average Bonchev–Trinajstić information content (AvgIpc) is 2.98. The summed E-state index contributed by atoms with van der Waals surface area (Å²) in [6.07, 6.45) is 4.41. The second-order valence-electron chi connectivity index (χ2n) is 6.25. The molecule has 5 heteroatoms. The molecule has 4 nitrogen and oxygen atoms in total. The third-order valence-corrected chi connectivity index (χ3v) is 4.93. The van der Waals surface area contributed by atoms with Crippen LogP contribution < -0.4 is 15.4 Å². The fourth-order valence-corrected chi connectivity index (χ4v) is 3.77. The summed E-state index contributed by atoms with van der Waals surface area (Å²) < 4.78 is 17.4. The number of hydrogen-bond acceptors (Lipinski definition) is 3. The molecule has 1 aromatic rings. The van der Waals surface area contributed by atoms with Gasteiger partial charge in [-0.3, -0.25) is 4.79 Å². The van der Waals surface area contributed by atoms with Gasteiger partial charge in [0.2, 0.25) is 5.91 Å². The maximum absolute atomic E-state index is 12.8. The van der Waals surface area contributed by atoms with Gasteiger partial charge in [-0.1, -0.05) is 18.9 Å². The molecule has 2 N–H and O–H groups in total. The number of alkyl halides is 1. The predicted octanol–water partition coefficient (Wildman–Crippen LogP) is 2.75. The third-order valence-electron chi connectivity index (χ3n) is 4.93. The molecule has 1 amide bonds. The zero-order chi connectivity index (χ0) is 15.4. The van der Waals surface area contributed by atoms with Crippen LogP contribution in [0.5, 0.6) is 5.75 Å². The van der Waals surface area contributed by atoms with E-state index in [0.717, 1.165) is 32.4 Å². The molecule has 0 aromatic heterocycles. The number of fused-ring (bicyclic) bond motifs is 1. The number of benzene rings is 1. The van der Waals surface area contributed by atoms with E-state index in [1.165, 1.54) is 6.42 Å². The van der Waals surface area contributed by atoms with Gasteiger partial charge in [-0.2, -0.15) is 0 Å². The molecule has 3 rings (SSSR count). The highest BCUT2D eigenvalue weighted by Crippen LogP contribution is 2.44. The number of amides is 1. The van der Waals surface area contributed by atoms with Gasteiger partial charge < -0.3 is 15.4 Å². The summed E-state index contributed by atoms with van der Waals surface area (Å²) in [5.74, 6) is 1.12. The van der Waals surface area contributed by atoms with Gasteiger partial charge in [0, 0.05) is 18.3 Å². The molecule has 1 saturated heterocycles. The third kappa shape index (κ3) is 2.95. The lowest BCUT2D eigenvalue weighted by atomic mass is 9.67. The molecular formula is C17H23FN2O2. The summed E-state index contributed by atoms with van der Waals surface area (Å²) in [5.41, 5.74) is 0.445. The first kappa shape index (κ1) is 15.3. The molecule has 0 spiro atoms. The lowest BCUT2D eigenvalue weighted by Crippen LogP contribution is -2.44. The summed E-state index contributed by atoms with van der Waals surface area (Å²) in [4.78, 5) is 12.8. The summed E-state index contributed by atoms with van der Waals surface area (Å²) in [6, 6.07) is 7.18. The Morgan fingerprint density at radius 3 is 3.23 bits per heavy atom. The Morgan fingerprint density at radius 2 is 2.36 bits per heavy atom. The minimum absolute atomic E-state index is 0.0351. The van der Waals surface area contributed by atoms with Crippen LogP contribution in [0.15, 0.2) is 24.3 Å². The van der Waals surface area contributed by atoms with E-state index in [1.54, 1.807) is 12.1 Å². The van der Waals surface area contributed by atoms with E-state index in [0.29, 0.717) is 17.4 Å². The zero-order valence-electron chi connectivity index (χ0n) is 12.7. The van der Waals surface area contributed by atoms with E-state index < -0.39 is 6.67 Å². The van der Waals surface area contributed by atoms with Gasteiger partial charge in [0.25, 0.3) is 0 Å². The molecule has 22 heavy (non-hydrogen) atoms. The number of nitrogens with one attached hydrogen (secondary N) is 2. The van der Waals surface area contributed by atoms with Crippen molar-refractivity contribution < 1.29 is 13.9 Å². The summed E-state index contributed by atoms with van der Waals surface area (Å²) in [5, 5.41) is 6.42. The van der Waals surface area contributed by atoms with Crippen molar-refractivity contribution in [3.05, 3.63) is 24.3 Å². The standard InChI is InChI=1S/C17H23FN2O2/c18-8-9-22-15-6-3-5-14(10-15)20-16(21)17-7-2-1-4-13(17)11-19-12-17/h3,5-6,10,13,19H,1-2,4,7-9,11-12H2,(H,20,21)/t13-,17+/m0/s1. The normalized spacial score (nSPS) is 27.2. The van der Waals surface area contributed by atoms with Crippen LogP contribution in [0.3, 0.4) is 0 Å². The Hall–Kier alpha value is -1.62. The Kier molecular flexibility index (Phi) is 4.62. The van der Waals surface area contributed by atoms with Gasteiger partial charge in [0.15, 0.2) is 0 Å². The topological polar surface area (TPSA) is 50.4 Å². The molecule has 2 fully saturated rings. The van der Waals surface area contributed by atoms with Crippen molar-refractivity contribution in [2.45, 2.75) is 25.7 Å². The first-order valence-corrected chi connectivity index (χ1v) is 8.05. The van der Waals surface area contributed by atoms with Gasteiger partial charge in [0.1, 0.15) is 19.0 Å². The van der Waals surface area contributed by atoms with Crippen molar-refractivity contribution in [1.29, 1.82) is 0 Å². The van der Waals surface area contributed by atoms with Crippen LogP contribution in [0.2, 0.25) is 0 Å². The smallest absolute Gasteiger partial charge is 0.232 e. The molecule has 2 aliphatic rings. The molecule has 2 atom stereocenters. The van der Waals surface area contributed by atoms with Crippen LogP contribution in [-0.4, -0.2) is 32.3 Å². The van der Waals surface area contributed by atoms with Crippen molar-refractivity contribution in [3.63, 3.8) is 0 Å². The van der Waals surface area contributed by atoms with Gasteiger partial charge in [-0.25, -0.2) is 4.39 Å². The largest absolute Gasteiger partial charge is 0.491 e. The molecule has 1 aliphatic heterocycles. The fourth-order valence-electron chi connectivity index (χ4n) is 3.77. The Balaban J connectivity index is 1.71. The summed E-state index contributed by atoms with van der Waals surface area (Å²) in [7, 11) is 0. The van der Waals surface area contributed by atoms with Crippen LogP contribution in [-0.2, 0) is 4.79 Å². The van der Waals surface area contributed by atoms with Crippen molar-refractivity contribution >= 4 is 11.6 Å². The second kappa shape index (κ2) is 6.65. The Labute approximate surface area is 130 Å². The van der Waals surface area contributed by atoms with Crippen LogP contribution >= 0.6 is 0 Å². The molecule has 1 aliphatic carbocycles. The number of carbonyl (C=O) groups is 1. The number of anilines is 1. The van der Waals surface area contributed by atoms with Crippen LogP contribution in [0.25, 0.3) is 0 Å². The SMILES string of the molecule is O=C(Nc1cccc(OCCF)c1)[C@@]12CCCC[C@H]1CNC2. The average molecular weight is 306 g/mol. The fraction of sp³-hybridized carbons (Fsp3) is 0.588. The van der Waals surface area contributed by atoms with Crippen molar-refractivity contribution in [2.24, 2.45) is 11.3 Å². The monoisotopic (exact) mass is 306 g/mol. The van der Waals surface area contributed by atoms with E-state index >= 15 is 0 Å². The van der Waals surface area contributed by atoms with Crippen molar-refractivity contribution in [2.75, 3.05) is 31.7 Å². The molecule has 0 radical (unpaired) electrons. The highest BCUT2D eigenvalue weighted by molar-refractivity contribution is 5.96. The molecule has 120 valence electrons. The number of ether oxygens (including phenoxy) is 1. The van der Waals surface area contributed by atoms with Gasteiger partial charge in [0.05, 0.1) is 5.41 Å². The number of hydrogen-bond donors (Lipinski definition) is 2. The lowest BCUT2D eigenvalue weighted by molar-refractivity contribution is -0.128. The van der Waals surface area contributed by atoms with Crippen LogP contribution in [0.4, 0.5) is 10.1 Å². The first-order valence-electron chi connectivity index (χ1n) is 8.05. The highest BCUT2D eigenvalue weighted by Gasteiger charge is 2.49. The molecule has 0 unspecified atom stereocenters. The maximum Gasteiger partial charge on any atom is 0.232 e. The first-order chi connectivity index (χ1) is 10.7. The van der Waals surface area contributed by atoms with E-state index in [2.05, 4.69) is 10.6 Å². The zero-order valence-corrected chi connectivity index (χ0v) is 12.7. The number of carbonyl (C=O) groups excluding carboxylic acids is 1. The van der Waals surface area contributed by atoms with Gasteiger partial charge in [-0.05, 0) is 37.4 Å². The number of rotatable bonds is 5. The summed E-state index contributed by atoms with van der Waals surface area (Å²) >= 11 is 0.